The topological polar surface area (TPSA) is 55.6 Å². The lowest BCUT2D eigenvalue weighted by Gasteiger charge is -2.40. The standard InChI is InChI=1S/C10H20N2O2/c1-4-14-9(13)10(11)5-6-12(3)8(2)7-10/h8H,4-7,11H2,1-3H3. The van der Waals surface area contributed by atoms with Gasteiger partial charge in [-0.3, -0.25) is 4.79 Å². The molecule has 1 rings (SSSR count). The van der Waals surface area contributed by atoms with Gasteiger partial charge in [0.1, 0.15) is 5.54 Å². The molecule has 82 valence electrons. The largest absolute Gasteiger partial charge is 0.465 e. The van der Waals surface area contributed by atoms with Crippen molar-refractivity contribution >= 4 is 5.97 Å². The third-order valence-corrected chi connectivity index (χ3v) is 3.00. The van der Waals surface area contributed by atoms with Crippen molar-refractivity contribution in [3.05, 3.63) is 0 Å². The highest BCUT2D eigenvalue weighted by Gasteiger charge is 2.40. The fraction of sp³-hybridized carbons (Fsp3) is 0.900. The van der Waals surface area contributed by atoms with E-state index in [-0.39, 0.29) is 5.97 Å². The molecule has 1 saturated heterocycles. The summed E-state index contributed by atoms with van der Waals surface area (Å²) in [5, 5.41) is 0. The summed E-state index contributed by atoms with van der Waals surface area (Å²) < 4.78 is 4.99. The van der Waals surface area contributed by atoms with E-state index >= 15 is 0 Å². The Morgan fingerprint density at radius 1 is 1.71 bits per heavy atom. The number of ether oxygens (including phenoxy) is 1. The zero-order valence-electron chi connectivity index (χ0n) is 9.25. The van der Waals surface area contributed by atoms with Crippen LogP contribution in [0.15, 0.2) is 0 Å². The number of carbonyl (C=O) groups excluding carboxylic acids is 1. The molecule has 0 aromatic carbocycles. The van der Waals surface area contributed by atoms with Crippen LogP contribution in [0.4, 0.5) is 0 Å². The molecule has 0 saturated carbocycles. The second-order valence-electron chi connectivity index (χ2n) is 4.16. The Morgan fingerprint density at radius 2 is 2.36 bits per heavy atom. The molecule has 14 heavy (non-hydrogen) atoms. The molecule has 4 heteroatoms. The molecule has 0 amide bonds. The van der Waals surface area contributed by atoms with Crippen LogP contribution in [0.1, 0.15) is 26.7 Å². The maximum absolute atomic E-state index is 11.6. The Balaban J connectivity index is 2.62. The molecule has 1 aliphatic heterocycles. The van der Waals surface area contributed by atoms with Gasteiger partial charge in [-0.05, 0) is 33.7 Å². The highest BCUT2D eigenvalue weighted by molar-refractivity contribution is 5.80. The lowest BCUT2D eigenvalue weighted by Crippen LogP contribution is -2.58. The number of rotatable bonds is 2. The number of hydrogen-bond acceptors (Lipinski definition) is 4. The highest BCUT2D eigenvalue weighted by atomic mass is 16.5. The van der Waals surface area contributed by atoms with Crippen LogP contribution in [0, 0.1) is 0 Å². The van der Waals surface area contributed by atoms with Gasteiger partial charge < -0.3 is 15.4 Å². The number of piperidine rings is 1. The molecule has 0 radical (unpaired) electrons. The molecule has 0 aromatic heterocycles. The van der Waals surface area contributed by atoms with Crippen LogP contribution >= 0.6 is 0 Å². The molecule has 1 fully saturated rings. The Kier molecular flexibility index (Phi) is 3.50. The lowest BCUT2D eigenvalue weighted by atomic mass is 9.85. The van der Waals surface area contributed by atoms with Crippen molar-refractivity contribution in [2.45, 2.75) is 38.3 Å². The number of esters is 1. The molecule has 2 unspecified atom stereocenters. The van der Waals surface area contributed by atoms with Crippen molar-refractivity contribution in [2.75, 3.05) is 20.2 Å². The summed E-state index contributed by atoms with van der Waals surface area (Å²) >= 11 is 0. The minimum Gasteiger partial charge on any atom is -0.465 e. The van der Waals surface area contributed by atoms with E-state index in [1.54, 1.807) is 6.92 Å². The second kappa shape index (κ2) is 4.28. The van der Waals surface area contributed by atoms with Crippen molar-refractivity contribution < 1.29 is 9.53 Å². The van der Waals surface area contributed by atoms with Gasteiger partial charge in [-0.1, -0.05) is 0 Å². The average molecular weight is 200 g/mol. The fourth-order valence-corrected chi connectivity index (χ4v) is 1.84. The van der Waals surface area contributed by atoms with Crippen LogP contribution in [0.3, 0.4) is 0 Å². The number of likely N-dealkylation sites (tertiary alicyclic amines) is 1. The molecule has 1 heterocycles. The third-order valence-electron chi connectivity index (χ3n) is 3.00. The van der Waals surface area contributed by atoms with E-state index in [2.05, 4.69) is 18.9 Å². The normalized spacial score (nSPS) is 34.1. The van der Waals surface area contributed by atoms with Crippen LogP contribution in [0.25, 0.3) is 0 Å². The smallest absolute Gasteiger partial charge is 0.326 e. The fourth-order valence-electron chi connectivity index (χ4n) is 1.84. The van der Waals surface area contributed by atoms with E-state index in [0.29, 0.717) is 25.5 Å². The Labute approximate surface area is 85.4 Å². The number of carbonyl (C=O) groups is 1. The van der Waals surface area contributed by atoms with Gasteiger partial charge in [-0.25, -0.2) is 0 Å². The Bertz CT molecular complexity index is 220. The van der Waals surface area contributed by atoms with Gasteiger partial charge in [0.05, 0.1) is 6.61 Å². The highest BCUT2D eigenvalue weighted by Crippen LogP contribution is 2.24. The first-order chi connectivity index (χ1) is 6.49. The molecule has 2 N–H and O–H groups in total. The molecular weight excluding hydrogens is 180 g/mol. The molecule has 0 spiro atoms. The number of hydrogen-bond donors (Lipinski definition) is 1. The predicted octanol–water partition coefficient (Wildman–Crippen LogP) is 0.361. The van der Waals surface area contributed by atoms with Gasteiger partial charge in [0.15, 0.2) is 0 Å². The quantitative estimate of drug-likeness (QED) is 0.654. The van der Waals surface area contributed by atoms with Gasteiger partial charge in [-0.15, -0.1) is 0 Å². The van der Waals surface area contributed by atoms with Crippen LogP contribution in [-0.4, -0.2) is 42.6 Å². The van der Waals surface area contributed by atoms with Crippen molar-refractivity contribution in [1.82, 2.24) is 4.90 Å². The van der Waals surface area contributed by atoms with Crippen LogP contribution < -0.4 is 5.73 Å². The maximum atomic E-state index is 11.6. The lowest BCUT2D eigenvalue weighted by molar-refractivity contribution is -0.152. The van der Waals surface area contributed by atoms with E-state index in [0.717, 1.165) is 6.54 Å². The van der Waals surface area contributed by atoms with E-state index in [9.17, 15) is 4.79 Å². The van der Waals surface area contributed by atoms with Crippen LogP contribution in [0.5, 0.6) is 0 Å². The Hall–Kier alpha value is -0.610. The minimum atomic E-state index is -0.762. The maximum Gasteiger partial charge on any atom is 0.326 e. The third kappa shape index (κ3) is 2.25. The molecule has 0 aromatic rings. The average Bonchev–Trinajstić information content (AvgIpc) is 2.13. The van der Waals surface area contributed by atoms with Crippen molar-refractivity contribution in [2.24, 2.45) is 5.73 Å². The van der Waals surface area contributed by atoms with E-state index < -0.39 is 5.54 Å². The summed E-state index contributed by atoms with van der Waals surface area (Å²) in [7, 11) is 2.05. The van der Waals surface area contributed by atoms with E-state index in [1.807, 2.05) is 0 Å². The van der Waals surface area contributed by atoms with Crippen molar-refractivity contribution in [1.29, 1.82) is 0 Å². The summed E-state index contributed by atoms with van der Waals surface area (Å²) in [5.74, 6) is -0.250. The first kappa shape index (κ1) is 11.5. The molecule has 0 bridgehead atoms. The van der Waals surface area contributed by atoms with Gasteiger partial charge in [0.2, 0.25) is 0 Å². The summed E-state index contributed by atoms with van der Waals surface area (Å²) in [6, 6.07) is 0.346. The minimum absolute atomic E-state index is 0.250. The van der Waals surface area contributed by atoms with E-state index in [4.69, 9.17) is 10.5 Å². The summed E-state index contributed by atoms with van der Waals surface area (Å²) in [6.07, 6.45) is 1.37. The SMILES string of the molecule is CCOC(=O)C1(N)CCN(C)C(C)C1. The van der Waals surface area contributed by atoms with Gasteiger partial charge in [-0.2, -0.15) is 0 Å². The first-order valence-corrected chi connectivity index (χ1v) is 5.16. The zero-order chi connectivity index (χ0) is 10.8. The molecule has 4 nitrogen and oxygen atoms in total. The van der Waals surface area contributed by atoms with Gasteiger partial charge in [0.25, 0.3) is 0 Å². The summed E-state index contributed by atoms with van der Waals surface area (Å²) in [5.41, 5.74) is 5.28. The first-order valence-electron chi connectivity index (χ1n) is 5.16. The molecular formula is C10H20N2O2. The molecule has 2 atom stereocenters. The number of nitrogens with zero attached hydrogens (tertiary/aromatic N) is 1. The molecule has 1 aliphatic rings. The van der Waals surface area contributed by atoms with Gasteiger partial charge in [0, 0.05) is 12.6 Å². The zero-order valence-corrected chi connectivity index (χ0v) is 9.25. The monoisotopic (exact) mass is 200 g/mol. The summed E-state index contributed by atoms with van der Waals surface area (Å²) in [4.78, 5) is 13.8. The summed E-state index contributed by atoms with van der Waals surface area (Å²) in [6.45, 7) is 5.15. The van der Waals surface area contributed by atoms with Gasteiger partial charge >= 0.3 is 5.97 Å². The Morgan fingerprint density at radius 3 is 2.86 bits per heavy atom. The van der Waals surface area contributed by atoms with E-state index in [1.165, 1.54) is 0 Å². The predicted molar refractivity (Wildman–Crippen MR) is 54.9 cm³/mol. The van der Waals surface area contributed by atoms with Crippen LogP contribution in [0.2, 0.25) is 0 Å². The van der Waals surface area contributed by atoms with Crippen molar-refractivity contribution in [3.63, 3.8) is 0 Å². The van der Waals surface area contributed by atoms with Crippen molar-refractivity contribution in [3.8, 4) is 0 Å². The molecule has 0 aliphatic carbocycles. The van der Waals surface area contributed by atoms with Crippen LogP contribution in [-0.2, 0) is 9.53 Å². The second-order valence-corrected chi connectivity index (χ2v) is 4.16. The number of nitrogens with two attached hydrogens (primary N) is 1.